The smallest absolute Gasteiger partial charge is 0.251 e. The molecule has 0 bridgehead atoms. The molecule has 1 amide bonds. The van der Waals surface area contributed by atoms with Crippen LogP contribution in [0.1, 0.15) is 23.2 Å². The lowest BCUT2D eigenvalue weighted by Crippen LogP contribution is -2.26. The number of carbonyl (C=O) groups is 1. The van der Waals surface area contributed by atoms with E-state index in [2.05, 4.69) is 10.6 Å². The van der Waals surface area contributed by atoms with Crippen LogP contribution >= 0.6 is 0 Å². The van der Waals surface area contributed by atoms with Gasteiger partial charge in [0.2, 0.25) is 0 Å². The number of carbonyl (C=O) groups excluding carboxylic acids is 1. The third-order valence-corrected chi connectivity index (χ3v) is 3.11. The SMILES string of the molecule is O=C(NCCC1CCNC1)c1ccc(F)cc1. The molecule has 0 aromatic heterocycles. The summed E-state index contributed by atoms with van der Waals surface area (Å²) in [6.45, 7) is 2.81. The number of benzene rings is 1. The Labute approximate surface area is 100 Å². The second-order valence-electron chi connectivity index (χ2n) is 4.41. The minimum atomic E-state index is -0.321. The highest BCUT2D eigenvalue weighted by Gasteiger charge is 2.14. The van der Waals surface area contributed by atoms with Gasteiger partial charge in [-0.15, -0.1) is 0 Å². The topological polar surface area (TPSA) is 41.1 Å². The minimum Gasteiger partial charge on any atom is -0.352 e. The Kier molecular flexibility index (Phi) is 4.09. The predicted octanol–water partition coefficient (Wildman–Crippen LogP) is 1.56. The van der Waals surface area contributed by atoms with E-state index in [0.717, 1.165) is 19.5 Å². The van der Waals surface area contributed by atoms with Gasteiger partial charge >= 0.3 is 0 Å². The molecule has 1 fully saturated rings. The second-order valence-corrected chi connectivity index (χ2v) is 4.41. The maximum Gasteiger partial charge on any atom is 0.251 e. The van der Waals surface area contributed by atoms with Gasteiger partial charge in [0, 0.05) is 12.1 Å². The Morgan fingerprint density at radius 3 is 2.82 bits per heavy atom. The number of amides is 1. The Balaban J connectivity index is 1.75. The van der Waals surface area contributed by atoms with E-state index in [4.69, 9.17) is 0 Å². The van der Waals surface area contributed by atoms with Crippen LogP contribution < -0.4 is 10.6 Å². The molecule has 17 heavy (non-hydrogen) atoms. The van der Waals surface area contributed by atoms with Gasteiger partial charge in [-0.05, 0) is 56.1 Å². The van der Waals surface area contributed by atoms with Crippen molar-refractivity contribution < 1.29 is 9.18 Å². The zero-order valence-corrected chi connectivity index (χ0v) is 9.71. The largest absolute Gasteiger partial charge is 0.352 e. The van der Waals surface area contributed by atoms with Gasteiger partial charge in [0.1, 0.15) is 5.82 Å². The van der Waals surface area contributed by atoms with Crippen molar-refractivity contribution in [3.05, 3.63) is 35.6 Å². The first-order valence-corrected chi connectivity index (χ1v) is 6.00. The molecular weight excluding hydrogens is 219 g/mol. The Bertz CT molecular complexity index is 372. The molecule has 2 N–H and O–H groups in total. The van der Waals surface area contributed by atoms with Gasteiger partial charge in [-0.1, -0.05) is 0 Å². The van der Waals surface area contributed by atoms with Gasteiger partial charge in [0.15, 0.2) is 0 Å². The van der Waals surface area contributed by atoms with Crippen LogP contribution in [0.2, 0.25) is 0 Å². The molecule has 2 rings (SSSR count). The van der Waals surface area contributed by atoms with Crippen molar-refractivity contribution in [3.63, 3.8) is 0 Å². The van der Waals surface area contributed by atoms with Crippen LogP contribution in [0.25, 0.3) is 0 Å². The van der Waals surface area contributed by atoms with Crippen molar-refractivity contribution in [2.45, 2.75) is 12.8 Å². The molecule has 1 heterocycles. The van der Waals surface area contributed by atoms with Crippen LogP contribution in [-0.2, 0) is 0 Å². The molecule has 0 radical (unpaired) electrons. The zero-order valence-electron chi connectivity index (χ0n) is 9.71. The molecule has 0 spiro atoms. The predicted molar refractivity (Wildman–Crippen MR) is 64.3 cm³/mol. The van der Waals surface area contributed by atoms with Crippen molar-refractivity contribution in [1.82, 2.24) is 10.6 Å². The Morgan fingerprint density at radius 2 is 2.18 bits per heavy atom. The minimum absolute atomic E-state index is 0.129. The number of halogens is 1. The number of nitrogens with one attached hydrogen (secondary N) is 2. The average Bonchev–Trinajstić information content (AvgIpc) is 2.83. The summed E-state index contributed by atoms with van der Waals surface area (Å²) in [7, 11) is 0. The maximum atomic E-state index is 12.7. The molecule has 0 aliphatic carbocycles. The van der Waals surface area contributed by atoms with E-state index in [1.54, 1.807) is 0 Å². The number of rotatable bonds is 4. The highest BCUT2D eigenvalue weighted by Crippen LogP contribution is 2.11. The lowest BCUT2D eigenvalue weighted by atomic mass is 10.1. The molecular formula is C13H17FN2O. The third-order valence-electron chi connectivity index (χ3n) is 3.11. The van der Waals surface area contributed by atoms with Crippen molar-refractivity contribution in [1.29, 1.82) is 0 Å². The standard InChI is InChI=1S/C13H17FN2O/c14-12-3-1-11(2-4-12)13(17)16-8-6-10-5-7-15-9-10/h1-4,10,15H,5-9H2,(H,16,17). The average molecular weight is 236 g/mol. The van der Waals surface area contributed by atoms with Crippen LogP contribution in [-0.4, -0.2) is 25.5 Å². The fourth-order valence-corrected chi connectivity index (χ4v) is 2.05. The molecule has 1 atom stereocenters. The van der Waals surface area contributed by atoms with Gasteiger partial charge < -0.3 is 10.6 Å². The molecule has 1 aliphatic heterocycles. The van der Waals surface area contributed by atoms with Crippen LogP contribution in [0.4, 0.5) is 4.39 Å². The molecule has 3 nitrogen and oxygen atoms in total. The highest BCUT2D eigenvalue weighted by atomic mass is 19.1. The van der Waals surface area contributed by atoms with Crippen LogP contribution in [0.5, 0.6) is 0 Å². The molecule has 92 valence electrons. The summed E-state index contributed by atoms with van der Waals surface area (Å²) in [5.41, 5.74) is 0.510. The van der Waals surface area contributed by atoms with Crippen molar-refractivity contribution in [2.24, 2.45) is 5.92 Å². The summed E-state index contributed by atoms with van der Waals surface area (Å²) in [4.78, 5) is 11.7. The molecule has 1 aromatic carbocycles. The first-order chi connectivity index (χ1) is 8.25. The summed E-state index contributed by atoms with van der Waals surface area (Å²) in [6, 6.07) is 5.61. The summed E-state index contributed by atoms with van der Waals surface area (Å²) >= 11 is 0. The molecule has 1 aromatic rings. The van der Waals surface area contributed by atoms with E-state index in [-0.39, 0.29) is 11.7 Å². The van der Waals surface area contributed by atoms with E-state index in [9.17, 15) is 9.18 Å². The van der Waals surface area contributed by atoms with E-state index in [1.165, 1.54) is 30.7 Å². The Hall–Kier alpha value is -1.42. The van der Waals surface area contributed by atoms with E-state index in [1.807, 2.05) is 0 Å². The molecule has 1 unspecified atom stereocenters. The van der Waals surface area contributed by atoms with Crippen molar-refractivity contribution in [2.75, 3.05) is 19.6 Å². The van der Waals surface area contributed by atoms with Crippen LogP contribution in [0.15, 0.2) is 24.3 Å². The summed E-state index contributed by atoms with van der Waals surface area (Å²) in [5, 5.41) is 6.15. The summed E-state index contributed by atoms with van der Waals surface area (Å²) in [6.07, 6.45) is 2.19. The quantitative estimate of drug-likeness (QED) is 0.833. The van der Waals surface area contributed by atoms with E-state index in [0.29, 0.717) is 18.0 Å². The van der Waals surface area contributed by atoms with Gasteiger partial charge in [-0.3, -0.25) is 4.79 Å². The highest BCUT2D eigenvalue weighted by molar-refractivity contribution is 5.94. The first-order valence-electron chi connectivity index (χ1n) is 6.00. The zero-order chi connectivity index (χ0) is 12.1. The van der Waals surface area contributed by atoms with Crippen LogP contribution in [0.3, 0.4) is 0 Å². The summed E-state index contributed by atoms with van der Waals surface area (Å²) in [5.74, 6) is 0.220. The lowest BCUT2D eigenvalue weighted by molar-refractivity contribution is 0.0951. The fraction of sp³-hybridized carbons (Fsp3) is 0.462. The number of hydrogen-bond acceptors (Lipinski definition) is 2. The molecule has 0 saturated carbocycles. The van der Waals surface area contributed by atoms with E-state index < -0.39 is 0 Å². The van der Waals surface area contributed by atoms with Crippen molar-refractivity contribution in [3.8, 4) is 0 Å². The molecule has 1 aliphatic rings. The monoisotopic (exact) mass is 236 g/mol. The third kappa shape index (κ3) is 3.53. The second kappa shape index (κ2) is 5.77. The Morgan fingerprint density at radius 1 is 1.41 bits per heavy atom. The van der Waals surface area contributed by atoms with Crippen LogP contribution in [0, 0.1) is 11.7 Å². The van der Waals surface area contributed by atoms with Gasteiger partial charge in [0.25, 0.3) is 5.91 Å². The van der Waals surface area contributed by atoms with Gasteiger partial charge in [-0.25, -0.2) is 4.39 Å². The fourth-order valence-electron chi connectivity index (χ4n) is 2.05. The normalized spacial score (nSPS) is 19.2. The first kappa shape index (κ1) is 12.0. The molecule has 1 saturated heterocycles. The number of hydrogen-bond donors (Lipinski definition) is 2. The van der Waals surface area contributed by atoms with E-state index >= 15 is 0 Å². The lowest BCUT2D eigenvalue weighted by Gasteiger charge is -2.09. The van der Waals surface area contributed by atoms with Crippen molar-refractivity contribution >= 4 is 5.91 Å². The summed E-state index contributed by atoms with van der Waals surface area (Å²) < 4.78 is 12.7. The van der Waals surface area contributed by atoms with Gasteiger partial charge in [-0.2, -0.15) is 0 Å². The maximum absolute atomic E-state index is 12.7. The molecule has 4 heteroatoms. The van der Waals surface area contributed by atoms with Gasteiger partial charge in [0.05, 0.1) is 0 Å².